The Morgan fingerprint density at radius 1 is 1.28 bits per heavy atom. The van der Waals surface area contributed by atoms with Crippen molar-refractivity contribution in [2.24, 2.45) is 10.9 Å². The lowest BCUT2D eigenvalue weighted by atomic mass is 9.86. The molecule has 0 saturated carbocycles. The van der Waals surface area contributed by atoms with Crippen LogP contribution < -0.4 is 4.74 Å². The number of allylic oxidation sites excluding steroid dienone is 4. The highest BCUT2D eigenvalue weighted by Gasteiger charge is 2.36. The van der Waals surface area contributed by atoms with Crippen molar-refractivity contribution < 1.29 is 23.8 Å². The second-order valence-electron chi connectivity index (χ2n) is 8.14. The fourth-order valence-electron chi connectivity index (χ4n) is 3.76. The van der Waals surface area contributed by atoms with E-state index < -0.39 is 15.9 Å². The Balaban J connectivity index is 0.00000306. The van der Waals surface area contributed by atoms with Gasteiger partial charge in [0.15, 0.2) is 15.9 Å². The number of benzene rings is 1. The minimum atomic E-state index is -3.51. The summed E-state index contributed by atoms with van der Waals surface area (Å²) < 4.78 is 45.6. The Morgan fingerprint density at radius 3 is 2.72 bits per heavy atom. The fourth-order valence-corrected chi connectivity index (χ4v) is 4.41. The highest BCUT2D eigenvalue weighted by atomic mass is 32.2. The summed E-state index contributed by atoms with van der Waals surface area (Å²) >= 11 is 0. The number of amides is 1. The molecule has 6 nitrogen and oxygen atoms in total. The SMILES string of the molecule is CC(C)C1=C(F)C(Oc2ccc(S(C)(=O)=O)cc2C2=CN(C)C(=O)C3=NC=C[C]23)C=C[CH]1.[HH]. The maximum atomic E-state index is 15.1. The number of halogens is 1. The zero-order valence-electron chi connectivity index (χ0n) is 18.2. The topological polar surface area (TPSA) is 76.0 Å². The molecule has 0 spiro atoms. The van der Waals surface area contributed by atoms with Gasteiger partial charge in [-0.05, 0) is 47.4 Å². The van der Waals surface area contributed by atoms with E-state index in [9.17, 15) is 13.2 Å². The molecule has 3 aliphatic rings. The van der Waals surface area contributed by atoms with Crippen LogP contribution in [0.1, 0.15) is 20.8 Å². The first-order chi connectivity index (χ1) is 15.1. The van der Waals surface area contributed by atoms with Crippen LogP contribution in [0.2, 0.25) is 0 Å². The van der Waals surface area contributed by atoms with Gasteiger partial charge in [0.25, 0.3) is 5.91 Å². The Hall–Kier alpha value is -3.00. The van der Waals surface area contributed by atoms with E-state index in [4.69, 9.17) is 4.74 Å². The van der Waals surface area contributed by atoms with Gasteiger partial charge in [-0.3, -0.25) is 9.79 Å². The molecular weight excluding hydrogens is 431 g/mol. The predicted molar refractivity (Wildman–Crippen MR) is 123 cm³/mol. The molecule has 0 saturated heterocycles. The quantitative estimate of drug-likeness (QED) is 0.669. The average molecular weight is 457 g/mol. The number of hydrogen-bond donors (Lipinski definition) is 0. The van der Waals surface area contributed by atoms with Crippen LogP contribution in [0.4, 0.5) is 4.39 Å². The number of hydrogen-bond acceptors (Lipinski definition) is 5. The van der Waals surface area contributed by atoms with E-state index in [-0.39, 0.29) is 29.7 Å². The number of sulfone groups is 1. The smallest absolute Gasteiger partial charge is 0.273 e. The summed E-state index contributed by atoms with van der Waals surface area (Å²) in [6.45, 7) is 3.80. The Bertz CT molecular complexity index is 1240. The van der Waals surface area contributed by atoms with E-state index in [2.05, 4.69) is 4.99 Å². The van der Waals surface area contributed by atoms with Gasteiger partial charge in [-0.25, -0.2) is 12.8 Å². The van der Waals surface area contributed by atoms with E-state index in [1.807, 2.05) is 13.8 Å². The Labute approximate surface area is 188 Å². The highest BCUT2D eigenvalue weighted by molar-refractivity contribution is 7.90. The lowest BCUT2D eigenvalue weighted by Gasteiger charge is -2.28. The van der Waals surface area contributed by atoms with E-state index >= 15 is 4.39 Å². The molecule has 0 fully saturated rings. The van der Waals surface area contributed by atoms with Crippen LogP contribution >= 0.6 is 0 Å². The van der Waals surface area contributed by atoms with Crippen molar-refractivity contribution in [2.75, 3.05) is 13.3 Å². The molecule has 1 aromatic rings. The lowest BCUT2D eigenvalue weighted by molar-refractivity contribution is -0.120. The number of nitrogens with zero attached hydrogens (tertiary/aromatic N) is 2. The van der Waals surface area contributed by atoms with Crippen LogP contribution in [0.5, 0.6) is 5.75 Å². The molecule has 32 heavy (non-hydrogen) atoms. The van der Waals surface area contributed by atoms with Crippen molar-refractivity contribution in [3.63, 3.8) is 0 Å². The predicted octanol–water partition coefficient (Wildman–Crippen LogP) is 4.09. The van der Waals surface area contributed by atoms with Gasteiger partial charge in [0.05, 0.1) is 10.8 Å². The molecule has 1 amide bonds. The summed E-state index contributed by atoms with van der Waals surface area (Å²) in [4.78, 5) is 18.1. The van der Waals surface area contributed by atoms with E-state index in [1.165, 1.54) is 29.3 Å². The van der Waals surface area contributed by atoms with Crippen LogP contribution in [0.15, 0.2) is 70.1 Å². The minimum absolute atomic E-state index is 0. The number of carbonyl (C=O) groups is 1. The van der Waals surface area contributed by atoms with E-state index in [0.29, 0.717) is 28.4 Å². The third-order valence-corrected chi connectivity index (χ3v) is 6.58. The maximum absolute atomic E-state index is 15.1. The Morgan fingerprint density at radius 2 is 2.03 bits per heavy atom. The molecule has 2 heterocycles. The number of rotatable bonds is 5. The normalized spacial score (nSPS) is 21.2. The standard InChI is InChI=1S/C24H23FN2O4S.H2/c1-14(2)16-6-5-7-21(22(16)25)31-20-9-8-15(32(4,29)30)12-18(20)19-13-27(3)24(28)23-17(19)10-11-26-23;/h5-14,21H,1-4H3;1H. The molecule has 168 valence electrons. The molecule has 8 heteroatoms. The molecule has 1 atom stereocenters. The van der Waals surface area contributed by atoms with Crippen LogP contribution in [0.25, 0.3) is 5.57 Å². The fraction of sp³-hybridized carbons (Fsp3) is 0.250. The summed E-state index contributed by atoms with van der Waals surface area (Å²) in [5.74, 6) is 0.193. The molecular formula is C24H25FN2O4S. The average Bonchev–Trinajstić information content (AvgIpc) is 3.22. The van der Waals surface area contributed by atoms with Crippen LogP contribution in [0.3, 0.4) is 0 Å². The van der Waals surface area contributed by atoms with Crippen LogP contribution in [-0.4, -0.2) is 44.3 Å². The molecule has 2 radical (unpaired) electrons. The summed E-state index contributed by atoms with van der Waals surface area (Å²) in [5.41, 5.74) is 1.82. The zero-order chi connectivity index (χ0) is 23.2. The van der Waals surface area contributed by atoms with Gasteiger partial charge >= 0.3 is 0 Å². The number of fused-ring (bicyclic) bond motifs is 1. The molecule has 0 aromatic heterocycles. The molecule has 0 N–H and O–H groups in total. The van der Waals surface area contributed by atoms with E-state index in [1.54, 1.807) is 37.9 Å². The first-order valence-corrected chi connectivity index (χ1v) is 12.0. The van der Waals surface area contributed by atoms with Crippen molar-refractivity contribution in [3.05, 3.63) is 78.1 Å². The number of aliphatic imine (C=N–C) groups is 1. The Kier molecular flexibility index (Phi) is 5.67. The molecule has 1 unspecified atom stereocenters. The lowest BCUT2D eigenvalue weighted by Crippen LogP contribution is -2.36. The number of ether oxygens (including phenoxy) is 1. The van der Waals surface area contributed by atoms with Crippen molar-refractivity contribution in [1.82, 2.24) is 4.90 Å². The third-order valence-electron chi connectivity index (χ3n) is 5.47. The third kappa shape index (κ3) is 3.95. The first-order valence-electron chi connectivity index (χ1n) is 10.1. The van der Waals surface area contributed by atoms with Gasteiger partial charge in [-0.2, -0.15) is 0 Å². The van der Waals surface area contributed by atoms with Crippen molar-refractivity contribution in [2.45, 2.75) is 24.8 Å². The molecule has 1 aliphatic carbocycles. The zero-order valence-corrected chi connectivity index (χ0v) is 19.0. The highest BCUT2D eigenvalue weighted by Crippen LogP contribution is 2.41. The van der Waals surface area contributed by atoms with Gasteiger partial charge in [-0.1, -0.05) is 19.9 Å². The van der Waals surface area contributed by atoms with Gasteiger partial charge in [0, 0.05) is 39.1 Å². The van der Waals surface area contributed by atoms with Gasteiger partial charge in [0.1, 0.15) is 17.3 Å². The van der Waals surface area contributed by atoms with Crippen molar-refractivity contribution in [3.8, 4) is 5.75 Å². The van der Waals surface area contributed by atoms with Gasteiger partial charge in [0.2, 0.25) is 0 Å². The minimum Gasteiger partial charge on any atom is -0.479 e. The van der Waals surface area contributed by atoms with Crippen LogP contribution in [-0.2, 0) is 14.6 Å². The summed E-state index contributed by atoms with van der Waals surface area (Å²) in [5, 5.41) is 0. The van der Waals surface area contributed by atoms with Crippen LogP contribution in [0, 0.1) is 18.3 Å². The molecule has 1 aromatic carbocycles. The number of carbonyl (C=O) groups excluding carboxylic acids is 1. The maximum Gasteiger partial charge on any atom is 0.273 e. The van der Waals surface area contributed by atoms with Crippen molar-refractivity contribution in [1.29, 1.82) is 0 Å². The van der Waals surface area contributed by atoms with E-state index in [0.717, 1.165) is 6.26 Å². The largest absolute Gasteiger partial charge is 0.479 e. The van der Waals surface area contributed by atoms with Crippen molar-refractivity contribution >= 4 is 27.0 Å². The van der Waals surface area contributed by atoms with Gasteiger partial charge in [-0.15, -0.1) is 0 Å². The second kappa shape index (κ2) is 8.16. The molecule has 4 rings (SSSR count). The molecule has 0 bridgehead atoms. The first kappa shape index (κ1) is 22.2. The summed E-state index contributed by atoms with van der Waals surface area (Å²) in [6.07, 6.45) is 10.1. The summed E-state index contributed by atoms with van der Waals surface area (Å²) in [7, 11) is -1.92. The van der Waals surface area contributed by atoms with Gasteiger partial charge < -0.3 is 9.64 Å². The molecule has 2 aliphatic heterocycles. The monoisotopic (exact) mass is 456 g/mol. The second-order valence-corrected chi connectivity index (χ2v) is 10.2. The summed E-state index contributed by atoms with van der Waals surface area (Å²) in [6, 6.07) is 4.44.